The number of non-ortho nitro benzene ring substituents is 1. The van der Waals surface area contributed by atoms with Gasteiger partial charge in [-0.25, -0.2) is 0 Å². The van der Waals surface area contributed by atoms with Gasteiger partial charge in [-0.05, 0) is 23.6 Å². The van der Waals surface area contributed by atoms with Crippen molar-refractivity contribution in [3.05, 3.63) is 88.6 Å². The van der Waals surface area contributed by atoms with E-state index < -0.39 is 15.0 Å². The molecule has 0 atom stereocenters. The number of hydrogen-bond donors (Lipinski definition) is 0. The van der Waals surface area contributed by atoms with Crippen molar-refractivity contribution in [1.82, 2.24) is 9.78 Å². The number of fused-ring (bicyclic) bond motifs is 1. The van der Waals surface area contributed by atoms with Crippen LogP contribution in [0, 0.1) is 10.1 Å². The van der Waals surface area contributed by atoms with Gasteiger partial charge in [0.25, 0.3) is 5.69 Å². The smallest absolute Gasteiger partial charge is 0.341 e. The highest BCUT2D eigenvalue weighted by Gasteiger charge is 2.26. The minimum atomic E-state index is -4.19. The molecule has 0 bridgehead atoms. The van der Waals surface area contributed by atoms with Crippen LogP contribution in [-0.4, -0.2) is 23.1 Å². The molecule has 8 nitrogen and oxygen atoms in total. The summed E-state index contributed by atoms with van der Waals surface area (Å²) < 4.78 is 33.4. The van der Waals surface area contributed by atoms with Gasteiger partial charge in [-0.2, -0.15) is 18.2 Å². The molecule has 164 valence electrons. The molecular formula is C23H21N3O5S. The van der Waals surface area contributed by atoms with Crippen LogP contribution in [0.15, 0.2) is 77.7 Å². The average Bonchev–Trinajstić information content (AvgIpc) is 3.17. The lowest BCUT2D eigenvalue weighted by Gasteiger charge is -2.13. The molecule has 0 aliphatic rings. The van der Waals surface area contributed by atoms with Crippen LogP contribution >= 0.6 is 0 Å². The molecule has 9 heteroatoms. The van der Waals surface area contributed by atoms with E-state index in [9.17, 15) is 18.5 Å². The zero-order chi connectivity index (χ0) is 23.1. The molecule has 32 heavy (non-hydrogen) atoms. The molecule has 0 fully saturated rings. The van der Waals surface area contributed by atoms with Crippen LogP contribution in [0.2, 0.25) is 0 Å². The van der Waals surface area contributed by atoms with Crippen molar-refractivity contribution in [3.8, 4) is 11.6 Å². The van der Waals surface area contributed by atoms with Gasteiger partial charge in [0.2, 0.25) is 5.88 Å². The van der Waals surface area contributed by atoms with E-state index >= 15 is 0 Å². The molecular weight excluding hydrogens is 430 g/mol. The standard InChI is InChI=1S/C23H21N3O5S/c1-23(2,3)21-15-22(25(24-21)17-11-13-18(14-12-17)26(27)28)31-32(29,30)20-10-6-8-16-7-4-5-9-19(16)20/h4-15H,1-3H3. The van der Waals surface area contributed by atoms with Crippen molar-refractivity contribution >= 4 is 26.6 Å². The maximum absolute atomic E-state index is 13.2. The van der Waals surface area contributed by atoms with E-state index in [1.165, 1.54) is 35.0 Å². The first-order valence-electron chi connectivity index (χ1n) is 9.84. The van der Waals surface area contributed by atoms with Crippen molar-refractivity contribution in [2.75, 3.05) is 0 Å². The van der Waals surface area contributed by atoms with Gasteiger partial charge in [-0.1, -0.05) is 57.2 Å². The van der Waals surface area contributed by atoms with Gasteiger partial charge in [0, 0.05) is 29.0 Å². The first kappa shape index (κ1) is 21.5. The number of rotatable bonds is 5. The summed E-state index contributed by atoms with van der Waals surface area (Å²) in [6.45, 7) is 5.83. The Morgan fingerprint density at radius 1 is 0.969 bits per heavy atom. The second kappa shape index (κ2) is 7.76. The summed E-state index contributed by atoms with van der Waals surface area (Å²) in [7, 11) is -4.19. The highest BCUT2D eigenvalue weighted by Crippen LogP contribution is 2.31. The van der Waals surface area contributed by atoms with Crippen molar-refractivity contribution in [2.45, 2.75) is 31.1 Å². The highest BCUT2D eigenvalue weighted by atomic mass is 32.2. The van der Waals surface area contributed by atoms with Gasteiger partial charge in [0.15, 0.2) is 0 Å². The fourth-order valence-electron chi connectivity index (χ4n) is 3.26. The molecule has 0 aliphatic carbocycles. The number of nitro benzene ring substituents is 1. The van der Waals surface area contributed by atoms with Crippen molar-refractivity contribution in [1.29, 1.82) is 0 Å². The zero-order valence-electron chi connectivity index (χ0n) is 17.7. The third-order valence-electron chi connectivity index (χ3n) is 4.96. The van der Waals surface area contributed by atoms with Crippen LogP contribution in [0.3, 0.4) is 0 Å². The highest BCUT2D eigenvalue weighted by molar-refractivity contribution is 7.87. The van der Waals surface area contributed by atoms with E-state index in [1.54, 1.807) is 24.3 Å². The molecule has 0 saturated heterocycles. The summed E-state index contributed by atoms with van der Waals surface area (Å²) in [4.78, 5) is 10.5. The number of nitrogens with zero attached hydrogens (tertiary/aromatic N) is 3. The average molecular weight is 452 g/mol. The summed E-state index contributed by atoms with van der Waals surface area (Å²) >= 11 is 0. The molecule has 1 aromatic heterocycles. The Labute approximate surface area is 185 Å². The molecule has 0 radical (unpaired) electrons. The van der Waals surface area contributed by atoms with E-state index in [4.69, 9.17) is 4.18 Å². The second-order valence-corrected chi connectivity index (χ2v) is 9.83. The van der Waals surface area contributed by atoms with E-state index in [-0.39, 0.29) is 21.9 Å². The third kappa shape index (κ3) is 4.06. The number of nitro groups is 1. The lowest BCUT2D eigenvalue weighted by molar-refractivity contribution is -0.384. The molecule has 4 rings (SSSR count). The van der Waals surface area contributed by atoms with E-state index in [0.29, 0.717) is 16.8 Å². The van der Waals surface area contributed by atoms with E-state index in [1.807, 2.05) is 39.0 Å². The summed E-state index contributed by atoms with van der Waals surface area (Å²) in [5.41, 5.74) is 0.587. The van der Waals surface area contributed by atoms with Gasteiger partial charge in [-0.3, -0.25) is 10.1 Å². The number of aromatic nitrogens is 2. The van der Waals surface area contributed by atoms with E-state index in [0.717, 1.165) is 5.39 Å². The normalized spacial score (nSPS) is 12.1. The van der Waals surface area contributed by atoms with E-state index in [2.05, 4.69) is 5.10 Å². The van der Waals surface area contributed by atoms with Crippen molar-refractivity contribution in [2.24, 2.45) is 0 Å². The summed E-state index contributed by atoms with van der Waals surface area (Å²) in [6.07, 6.45) is 0. The first-order valence-corrected chi connectivity index (χ1v) is 11.2. The molecule has 0 spiro atoms. The zero-order valence-corrected chi connectivity index (χ0v) is 18.5. The van der Waals surface area contributed by atoms with Gasteiger partial charge in [0.1, 0.15) is 4.90 Å². The molecule has 0 amide bonds. The molecule has 4 aromatic rings. The SMILES string of the molecule is CC(C)(C)c1cc(OS(=O)(=O)c2cccc3ccccc23)n(-c2ccc([N+](=O)[O-])cc2)n1. The minimum absolute atomic E-state index is 0.00304. The van der Waals surface area contributed by atoms with Crippen LogP contribution in [0.25, 0.3) is 16.5 Å². The Morgan fingerprint density at radius 3 is 2.28 bits per heavy atom. The Hall–Kier alpha value is -3.72. The molecule has 0 saturated carbocycles. The number of benzene rings is 3. The molecule has 0 unspecified atom stereocenters. The fourth-order valence-corrected chi connectivity index (χ4v) is 4.40. The second-order valence-electron chi connectivity index (χ2n) is 8.32. The third-order valence-corrected chi connectivity index (χ3v) is 6.25. The van der Waals surface area contributed by atoms with Gasteiger partial charge < -0.3 is 4.18 Å². The van der Waals surface area contributed by atoms with Crippen LogP contribution in [-0.2, 0) is 15.5 Å². The van der Waals surface area contributed by atoms with Crippen LogP contribution in [0.5, 0.6) is 5.88 Å². The fraction of sp³-hybridized carbons (Fsp3) is 0.174. The van der Waals surface area contributed by atoms with Crippen LogP contribution < -0.4 is 4.18 Å². The monoisotopic (exact) mass is 451 g/mol. The quantitative estimate of drug-likeness (QED) is 0.240. The Kier molecular flexibility index (Phi) is 5.21. The maximum Gasteiger partial charge on any atom is 0.341 e. The minimum Gasteiger partial charge on any atom is -0.358 e. The Balaban J connectivity index is 1.82. The molecule has 0 N–H and O–H groups in total. The predicted octanol–water partition coefficient (Wildman–Crippen LogP) is 5.00. The maximum atomic E-state index is 13.2. The summed E-state index contributed by atoms with van der Waals surface area (Å²) in [5, 5.41) is 16.8. The molecule has 1 heterocycles. The lowest BCUT2D eigenvalue weighted by Crippen LogP contribution is -2.13. The lowest BCUT2D eigenvalue weighted by atomic mass is 9.93. The van der Waals surface area contributed by atoms with Gasteiger partial charge in [-0.15, -0.1) is 0 Å². The molecule has 0 aliphatic heterocycles. The Morgan fingerprint density at radius 2 is 1.62 bits per heavy atom. The predicted molar refractivity (Wildman–Crippen MR) is 121 cm³/mol. The summed E-state index contributed by atoms with van der Waals surface area (Å²) in [5.74, 6) is -0.00304. The summed E-state index contributed by atoms with van der Waals surface area (Å²) in [6, 6.07) is 19.3. The topological polar surface area (TPSA) is 104 Å². The largest absolute Gasteiger partial charge is 0.358 e. The van der Waals surface area contributed by atoms with Crippen molar-refractivity contribution in [3.63, 3.8) is 0 Å². The molecule has 3 aromatic carbocycles. The van der Waals surface area contributed by atoms with Crippen molar-refractivity contribution < 1.29 is 17.5 Å². The van der Waals surface area contributed by atoms with Crippen LogP contribution in [0.1, 0.15) is 26.5 Å². The van der Waals surface area contributed by atoms with Gasteiger partial charge in [0.05, 0.1) is 16.3 Å². The van der Waals surface area contributed by atoms with Gasteiger partial charge >= 0.3 is 10.1 Å². The Bertz CT molecular complexity index is 1410. The van der Waals surface area contributed by atoms with Crippen LogP contribution in [0.4, 0.5) is 5.69 Å². The number of hydrogen-bond acceptors (Lipinski definition) is 6. The first-order chi connectivity index (χ1) is 15.1.